The molecule has 2 N–H and O–H groups in total. The summed E-state index contributed by atoms with van der Waals surface area (Å²) in [6, 6.07) is 7.44. The van der Waals surface area contributed by atoms with Crippen molar-refractivity contribution in [3.8, 4) is 0 Å². The monoisotopic (exact) mass is 446 g/mol. The molecule has 1 aliphatic rings. The van der Waals surface area contributed by atoms with Crippen LogP contribution in [0, 0.1) is 17.8 Å². The number of nitrogens with one attached hydrogen (secondary N) is 1. The van der Waals surface area contributed by atoms with Gasteiger partial charge in [0.25, 0.3) is 0 Å². The van der Waals surface area contributed by atoms with Crippen molar-refractivity contribution in [2.75, 3.05) is 6.61 Å². The van der Waals surface area contributed by atoms with E-state index in [9.17, 15) is 19.6 Å². The number of esters is 1. The first-order valence-corrected chi connectivity index (χ1v) is 11.8. The Bertz CT molecular complexity index is 718. The normalized spacial score (nSPS) is 16.9. The van der Waals surface area contributed by atoms with Crippen LogP contribution in [0.4, 0.5) is 0 Å². The molecule has 0 unspecified atom stereocenters. The highest BCUT2D eigenvalue weighted by Crippen LogP contribution is 2.27. The number of ether oxygens (including phenoxy) is 1. The quantitative estimate of drug-likeness (QED) is 0.204. The minimum absolute atomic E-state index is 0.162. The average molecular weight is 447 g/mol. The smallest absolute Gasteiger partial charge is 0.333 e. The molecule has 0 aromatic heterocycles. The highest BCUT2D eigenvalue weighted by molar-refractivity contribution is 5.87. The fraction of sp³-hybridized carbons (Fsp3) is 0.640. The lowest BCUT2D eigenvalue weighted by Gasteiger charge is -2.32. The van der Waals surface area contributed by atoms with E-state index in [2.05, 4.69) is 5.32 Å². The van der Waals surface area contributed by atoms with E-state index in [0.29, 0.717) is 48.8 Å². The Labute approximate surface area is 191 Å². The van der Waals surface area contributed by atoms with E-state index in [1.807, 2.05) is 39.0 Å². The van der Waals surface area contributed by atoms with Crippen LogP contribution in [0.5, 0.6) is 0 Å². The van der Waals surface area contributed by atoms with Crippen molar-refractivity contribution in [1.29, 1.82) is 0 Å². The van der Waals surface area contributed by atoms with E-state index in [1.54, 1.807) is 12.1 Å². The maximum absolute atomic E-state index is 13.4. The summed E-state index contributed by atoms with van der Waals surface area (Å²) in [6.45, 7) is 6.26. The van der Waals surface area contributed by atoms with Crippen molar-refractivity contribution < 1.29 is 24.3 Å². The average Bonchev–Trinajstić information content (AvgIpc) is 3.31. The Kier molecular flexibility index (Phi) is 10.7. The Balaban J connectivity index is 2.22. The van der Waals surface area contributed by atoms with Gasteiger partial charge in [0.15, 0.2) is 6.04 Å². The van der Waals surface area contributed by atoms with Crippen LogP contribution in [0.1, 0.15) is 77.3 Å². The summed E-state index contributed by atoms with van der Waals surface area (Å²) in [6.07, 6.45) is 6.42. The number of amides is 2. The Hall–Kier alpha value is -2.41. The van der Waals surface area contributed by atoms with Gasteiger partial charge in [0.1, 0.15) is 0 Å². The third kappa shape index (κ3) is 7.62. The van der Waals surface area contributed by atoms with Crippen molar-refractivity contribution >= 4 is 18.3 Å². The molecular formula is C25H38N2O5. The van der Waals surface area contributed by atoms with E-state index < -0.39 is 24.0 Å². The third-order valence-electron chi connectivity index (χ3n) is 6.15. The number of carbonyl (C=O) groups excluding carboxylic acids is 3. The fourth-order valence-electron chi connectivity index (χ4n) is 4.47. The lowest BCUT2D eigenvalue weighted by molar-refractivity contribution is -0.170. The number of benzene rings is 1. The molecule has 1 aromatic rings. The fourth-order valence-corrected chi connectivity index (χ4v) is 4.47. The summed E-state index contributed by atoms with van der Waals surface area (Å²) in [5, 5.41) is 13.6. The SMILES string of the molecule is CCC[C@@H]([C@@H](CC(C)C)C(=O)N[C@H](C(=O)OCC1CCCC1)c1ccccc1)N(O)C=O. The van der Waals surface area contributed by atoms with Crippen LogP contribution < -0.4 is 5.32 Å². The number of carbonyl (C=O) groups is 3. The maximum Gasteiger partial charge on any atom is 0.333 e. The number of hydroxylamine groups is 2. The zero-order valence-electron chi connectivity index (χ0n) is 19.5. The summed E-state index contributed by atoms with van der Waals surface area (Å²) in [5.41, 5.74) is 0.642. The standard InChI is InChI=1S/C25H38N2O5/c1-4-10-22(27(31)17-28)21(15-18(2)3)24(29)26-23(20-13-6-5-7-14-20)25(30)32-16-19-11-8-9-12-19/h5-7,13-14,17-19,21-23,31H,4,8-12,15-16H2,1-3H3,(H,26,29)/t21-,22+,23+/m1/s1. The first-order chi connectivity index (χ1) is 15.4. The van der Waals surface area contributed by atoms with Gasteiger partial charge in [-0.2, -0.15) is 0 Å². The summed E-state index contributed by atoms with van der Waals surface area (Å²) in [7, 11) is 0. The molecule has 1 saturated carbocycles. The molecule has 178 valence electrons. The zero-order valence-corrected chi connectivity index (χ0v) is 19.5. The molecule has 0 spiro atoms. The second-order valence-electron chi connectivity index (χ2n) is 9.21. The molecule has 1 aromatic carbocycles. The van der Waals surface area contributed by atoms with Crippen LogP contribution in [0.25, 0.3) is 0 Å². The van der Waals surface area contributed by atoms with Crippen LogP contribution in [0.3, 0.4) is 0 Å². The number of rotatable bonds is 13. The summed E-state index contributed by atoms with van der Waals surface area (Å²) in [5.74, 6) is -0.967. The summed E-state index contributed by atoms with van der Waals surface area (Å²) in [4.78, 5) is 37.7. The largest absolute Gasteiger partial charge is 0.464 e. The van der Waals surface area contributed by atoms with Crippen molar-refractivity contribution in [2.45, 2.75) is 77.8 Å². The number of hydrogen-bond acceptors (Lipinski definition) is 5. The van der Waals surface area contributed by atoms with Crippen LogP contribution in [-0.4, -0.2) is 41.2 Å². The molecule has 1 aliphatic carbocycles. The van der Waals surface area contributed by atoms with Crippen molar-refractivity contribution in [1.82, 2.24) is 10.4 Å². The molecule has 32 heavy (non-hydrogen) atoms. The molecule has 0 heterocycles. The second-order valence-corrected chi connectivity index (χ2v) is 9.21. The minimum Gasteiger partial charge on any atom is -0.464 e. The van der Waals surface area contributed by atoms with Gasteiger partial charge in [-0.3, -0.25) is 14.8 Å². The van der Waals surface area contributed by atoms with Crippen molar-refractivity contribution in [3.05, 3.63) is 35.9 Å². The van der Waals surface area contributed by atoms with Crippen LogP contribution in [0.15, 0.2) is 30.3 Å². The maximum atomic E-state index is 13.4. The van der Waals surface area contributed by atoms with Crippen molar-refractivity contribution in [2.24, 2.45) is 17.8 Å². The minimum atomic E-state index is -0.939. The van der Waals surface area contributed by atoms with Crippen molar-refractivity contribution in [3.63, 3.8) is 0 Å². The molecule has 1 fully saturated rings. The Morgan fingerprint density at radius 1 is 1.22 bits per heavy atom. The Morgan fingerprint density at radius 2 is 1.88 bits per heavy atom. The van der Waals surface area contributed by atoms with E-state index in [0.717, 1.165) is 25.7 Å². The highest BCUT2D eigenvalue weighted by Gasteiger charge is 2.35. The van der Waals surface area contributed by atoms with Gasteiger partial charge in [0.2, 0.25) is 12.3 Å². The van der Waals surface area contributed by atoms with E-state index in [4.69, 9.17) is 4.74 Å². The van der Waals surface area contributed by atoms with Gasteiger partial charge in [-0.25, -0.2) is 9.86 Å². The van der Waals surface area contributed by atoms with Gasteiger partial charge >= 0.3 is 5.97 Å². The first kappa shape index (κ1) is 25.8. The van der Waals surface area contributed by atoms with Gasteiger partial charge in [-0.05, 0) is 43.1 Å². The van der Waals surface area contributed by atoms with Gasteiger partial charge in [0, 0.05) is 0 Å². The van der Waals surface area contributed by atoms with Gasteiger partial charge in [-0.1, -0.05) is 70.4 Å². The first-order valence-electron chi connectivity index (χ1n) is 11.8. The van der Waals surface area contributed by atoms with Gasteiger partial charge in [0.05, 0.1) is 18.6 Å². The predicted octanol–water partition coefficient (Wildman–Crippen LogP) is 4.26. The lowest BCUT2D eigenvalue weighted by Crippen LogP contribution is -2.48. The number of nitrogens with zero attached hydrogens (tertiary/aromatic N) is 1. The van der Waals surface area contributed by atoms with E-state index >= 15 is 0 Å². The van der Waals surface area contributed by atoms with Crippen LogP contribution >= 0.6 is 0 Å². The molecule has 0 aliphatic heterocycles. The molecule has 7 heteroatoms. The lowest BCUT2D eigenvalue weighted by atomic mass is 9.86. The number of hydrogen-bond donors (Lipinski definition) is 2. The molecule has 2 amide bonds. The second kappa shape index (κ2) is 13.2. The molecular weight excluding hydrogens is 408 g/mol. The van der Waals surface area contributed by atoms with Crippen LogP contribution in [0.2, 0.25) is 0 Å². The van der Waals surface area contributed by atoms with Gasteiger partial charge in [-0.15, -0.1) is 0 Å². The molecule has 0 saturated heterocycles. The van der Waals surface area contributed by atoms with Crippen LogP contribution in [-0.2, 0) is 19.1 Å². The Morgan fingerprint density at radius 3 is 2.44 bits per heavy atom. The van der Waals surface area contributed by atoms with Gasteiger partial charge < -0.3 is 10.1 Å². The zero-order chi connectivity index (χ0) is 23.5. The van der Waals surface area contributed by atoms with E-state index in [1.165, 1.54) is 0 Å². The molecule has 3 atom stereocenters. The van der Waals surface area contributed by atoms with E-state index in [-0.39, 0.29) is 11.8 Å². The summed E-state index contributed by atoms with van der Waals surface area (Å²) < 4.78 is 5.61. The molecule has 0 radical (unpaired) electrons. The third-order valence-corrected chi connectivity index (χ3v) is 6.15. The molecule has 0 bridgehead atoms. The summed E-state index contributed by atoms with van der Waals surface area (Å²) >= 11 is 0. The predicted molar refractivity (Wildman–Crippen MR) is 122 cm³/mol. The highest BCUT2D eigenvalue weighted by atomic mass is 16.5. The molecule has 2 rings (SSSR count). The topological polar surface area (TPSA) is 95.9 Å². The molecule has 7 nitrogen and oxygen atoms in total.